The molecule has 1 aliphatic rings. The van der Waals surface area contributed by atoms with E-state index in [0.29, 0.717) is 18.7 Å². The molecule has 0 unspecified atom stereocenters. The lowest BCUT2D eigenvalue weighted by Crippen LogP contribution is -2.36. The predicted octanol–water partition coefficient (Wildman–Crippen LogP) is 1.12. The number of aryl methyl sites for hydroxylation is 1. The first-order chi connectivity index (χ1) is 7.18. The van der Waals surface area contributed by atoms with Gasteiger partial charge in [-0.2, -0.15) is 5.10 Å². The summed E-state index contributed by atoms with van der Waals surface area (Å²) in [6.45, 7) is 0.640. The highest BCUT2D eigenvalue weighted by molar-refractivity contribution is 5.92. The molecule has 4 nitrogen and oxygen atoms in total. The van der Waals surface area contributed by atoms with Crippen molar-refractivity contribution in [2.24, 2.45) is 7.05 Å². The molecule has 0 saturated carbocycles. The Morgan fingerprint density at radius 2 is 2.40 bits per heavy atom. The van der Waals surface area contributed by atoms with Crippen LogP contribution in [0.4, 0.5) is 4.39 Å². The zero-order valence-corrected chi connectivity index (χ0v) is 8.48. The summed E-state index contributed by atoms with van der Waals surface area (Å²) in [6.07, 6.45) is 3.66. The van der Waals surface area contributed by atoms with Crippen LogP contribution in [0, 0.1) is 0 Å². The van der Waals surface area contributed by atoms with Crippen molar-refractivity contribution in [3.05, 3.63) is 29.9 Å². The largest absolute Gasteiger partial charge is 0.330 e. The average molecular weight is 209 g/mol. The molecular formula is C10H12FN3O. The molecule has 1 aromatic heterocycles. The number of hydrogen-bond acceptors (Lipinski definition) is 2. The Labute approximate surface area is 87.0 Å². The van der Waals surface area contributed by atoms with E-state index in [1.807, 2.05) is 0 Å². The van der Waals surface area contributed by atoms with Crippen molar-refractivity contribution in [2.75, 3.05) is 13.1 Å². The summed E-state index contributed by atoms with van der Waals surface area (Å²) in [7, 11) is 1.70. The lowest BCUT2D eigenvalue weighted by molar-refractivity contribution is 0.0744. The van der Waals surface area contributed by atoms with E-state index in [-0.39, 0.29) is 18.3 Å². The molecule has 1 amide bonds. The van der Waals surface area contributed by atoms with E-state index in [4.69, 9.17) is 0 Å². The summed E-state index contributed by atoms with van der Waals surface area (Å²) in [5.74, 6) is -0.407. The van der Waals surface area contributed by atoms with Gasteiger partial charge in [-0.25, -0.2) is 4.39 Å². The van der Waals surface area contributed by atoms with Gasteiger partial charge >= 0.3 is 0 Å². The van der Waals surface area contributed by atoms with Gasteiger partial charge in [-0.15, -0.1) is 0 Å². The number of hydrogen-bond donors (Lipinski definition) is 0. The van der Waals surface area contributed by atoms with Crippen molar-refractivity contribution in [2.45, 2.75) is 6.42 Å². The van der Waals surface area contributed by atoms with E-state index in [2.05, 4.69) is 5.10 Å². The number of carbonyl (C=O) groups is 1. The Morgan fingerprint density at radius 1 is 1.60 bits per heavy atom. The Bertz CT molecular complexity index is 411. The molecule has 0 aliphatic carbocycles. The zero-order chi connectivity index (χ0) is 10.8. The first-order valence-electron chi connectivity index (χ1n) is 4.80. The lowest BCUT2D eigenvalue weighted by Gasteiger charge is -2.24. The van der Waals surface area contributed by atoms with E-state index < -0.39 is 0 Å². The number of carbonyl (C=O) groups excluding carboxylic acids is 1. The molecule has 0 saturated heterocycles. The predicted molar refractivity (Wildman–Crippen MR) is 52.9 cm³/mol. The quantitative estimate of drug-likeness (QED) is 0.695. The van der Waals surface area contributed by atoms with Gasteiger partial charge < -0.3 is 4.90 Å². The summed E-state index contributed by atoms with van der Waals surface area (Å²) in [4.78, 5) is 13.4. The Kier molecular flexibility index (Phi) is 2.53. The Hall–Kier alpha value is -1.65. The van der Waals surface area contributed by atoms with Gasteiger partial charge in [0.25, 0.3) is 5.91 Å². The van der Waals surface area contributed by atoms with Crippen LogP contribution in [0.2, 0.25) is 0 Å². The van der Waals surface area contributed by atoms with Crippen LogP contribution in [0.15, 0.2) is 24.2 Å². The van der Waals surface area contributed by atoms with Crippen LogP contribution in [0.1, 0.15) is 16.9 Å². The van der Waals surface area contributed by atoms with Gasteiger partial charge in [0, 0.05) is 19.8 Å². The van der Waals surface area contributed by atoms with Crippen LogP contribution in [0.25, 0.3) is 0 Å². The number of rotatable bonds is 1. The van der Waals surface area contributed by atoms with E-state index in [9.17, 15) is 9.18 Å². The second kappa shape index (κ2) is 3.84. The highest BCUT2D eigenvalue weighted by atomic mass is 19.1. The lowest BCUT2D eigenvalue weighted by atomic mass is 10.2. The van der Waals surface area contributed by atoms with Crippen molar-refractivity contribution in [3.63, 3.8) is 0 Å². The highest BCUT2D eigenvalue weighted by Crippen LogP contribution is 2.13. The SMILES string of the molecule is Cn1nccc1C(=O)N1CCC=C(F)C1. The Balaban J connectivity index is 2.16. The van der Waals surface area contributed by atoms with E-state index in [1.54, 1.807) is 19.3 Å². The third kappa shape index (κ3) is 1.91. The van der Waals surface area contributed by atoms with Crippen molar-refractivity contribution in [1.29, 1.82) is 0 Å². The van der Waals surface area contributed by atoms with Crippen LogP contribution in [0.5, 0.6) is 0 Å². The van der Waals surface area contributed by atoms with Crippen molar-refractivity contribution >= 4 is 5.91 Å². The van der Waals surface area contributed by atoms with Crippen molar-refractivity contribution in [3.8, 4) is 0 Å². The van der Waals surface area contributed by atoms with Crippen LogP contribution in [0.3, 0.4) is 0 Å². The van der Waals surface area contributed by atoms with Gasteiger partial charge in [0.1, 0.15) is 11.5 Å². The molecule has 0 aromatic carbocycles. The van der Waals surface area contributed by atoms with Gasteiger partial charge in [0.2, 0.25) is 0 Å². The number of nitrogens with zero attached hydrogens (tertiary/aromatic N) is 3. The number of halogens is 1. The first-order valence-corrected chi connectivity index (χ1v) is 4.80. The highest BCUT2D eigenvalue weighted by Gasteiger charge is 2.21. The molecule has 0 atom stereocenters. The van der Waals surface area contributed by atoms with Crippen molar-refractivity contribution in [1.82, 2.24) is 14.7 Å². The number of aromatic nitrogens is 2. The summed E-state index contributed by atoms with van der Waals surface area (Å²) in [6, 6.07) is 1.64. The fraction of sp³-hybridized carbons (Fsp3) is 0.400. The fourth-order valence-electron chi connectivity index (χ4n) is 1.62. The minimum Gasteiger partial charge on any atom is -0.330 e. The van der Waals surface area contributed by atoms with Gasteiger partial charge in [-0.1, -0.05) is 0 Å². The molecule has 0 N–H and O–H groups in total. The minimum atomic E-state index is -0.239. The number of amides is 1. The van der Waals surface area contributed by atoms with E-state index >= 15 is 0 Å². The maximum absolute atomic E-state index is 13.0. The molecule has 15 heavy (non-hydrogen) atoms. The van der Waals surface area contributed by atoms with Gasteiger partial charge in [-0.05, 0) is 18.6 Å². The average Bonchev–Trinajstić information content (AvgIpc) is 2.63. The molecule has 2 rings (SSSR count). The molecule has 5 heteroatoms. The van der Waals surface area contributed by atoms with Gasteiger partial charge in [-0.3, -0.25) is 9.48 Å². The van der Waals surface area contributed by atoms with Crippen LogP contribution in [-0.4, -0.2) is 33.7 Å². The smallest absolute Gasteiger partial charge is 0.272 e. The third-order valence-electron chi connectivity index (χ3n) is 2.43. The van der Waals surface area contributed by atoms with Gasteiger partial charge in [0.15, 0.2) is 0 Å². The molecule has 2 heterocycles. The fourth-order valence-corrected chi connectivity index (χ4v) is 1.62. The van der Waals surface area contributed by atoms with Crippen LogP contribution < -0.4 is 0 Å². The second-order valence-corrected chi connectivity index (χ2v) is 3.51. The monoisotopic (exact) mass is 209 g/mol. The molecular weight excluding hydrogens is 197 g/mol. The molecule has 0 bridgehead atoms. The molecule has 1 aliphatic heterocycles. The topological polar surface area (TPSA) is 38.1 Å². The molecule has 0 fully saturated rings. The summed E-state index contributed by atoms with van der Waals surface area (Å²) < 4.78 is 14.5. The van der Waals surface area contributed by atoms with Gasteiger partial charge in [0.05, 0.1) is 6.54 Å². The maximum atomic E-state index is 13.0. The summed E-state index contributed by atoms with van der Waals surface area (Å²) in [5.41, 5.74) is 0.490. The normalized spacial score (nSPS) is 16.4. The minimum absolute atomic E-state index is 0.0734. The molecule has 0 spiro atoms. The third-order valence-corrected chi connectivity index (χ3v) is 2.43. The standard InChI is InChI=1S/C10H12FN3O/c1-13-9(4-5-12-13)10(15)14-6-2-3-8(11)7-14/h3-5H,2,6-7H2,1H3. The Morgan fingerprint density at radius 3 is 3.00 bits per heavy atom. The summed E-state index contributed by atoms with van der Waals surface area (Å²) >= 11 is 0. The van der Waals surface area contributed by atoms with Crippen LogP contribution >= 0.6 is 0 Å². The molecule has 0 radical (unpaired) electrons. The molecule has 1 aromatic rings. The van der Waals surface area contributed by atoms with E-state index in [1.165, 1.54) is 15.7 Å². The first kappa shape index (κ1) is 9.89. The molecule has 80 valence electrons. The second-order valence-electron chi connectivity index (χ2n) is 3.51. The maximum Gasteiger partial charge on any atom is 0.272 e. The van der Waals surface area contributed by atoms with E-state index in [0.717, 1.165) is 0 Å². The van der Waals surface area contributed by atoms with Crippen LogP contribution in [-0.2, 0) is 7.05 Å². The van der Waals surface area contributed by atoms with Crippen molar-refractivity contribution < 1.29 is 9.18 Å². The zero-order valence-electron chi connectivity index (χ0n) is 8.48. The summed E-state index contributed by atoms with van der Waals surface area (Å²) in [5, 5.41) is 3.91.